The number of esters is 1. The monoisotopic (exact) mass is 716 g/mol. The van der Waals surface area contributed by atoms with Crippen LogP contribution < -0.4 is 10.0 Å². The zero-order chi connectivity index (χ0) is 36.0. The molecule has 6 atom stereocenters. The standard InChI is InChI=1S/C34H41FN4O10S/c1-3-21-14-34(21,32(44)37-50(46,47)23-7-8-23)15-27(40)26-13-22(48-33(45)38-16-20-5-4-6-25(35)24(20)18-38)17-39(26)31(43)19(2)11-12-36-30(42)28-9-10-29(41)49-28/h3-6,19,21-23,26,28H,1,7-18H2,2H3,(H,36,42)(H,37,44)/t19-,21+,22?,26-,28-,34+/m0/s1. The molecule has 50 heavy (non-hydrogen) atoms. The second-order valence-electron chi connectivity index (χ2n) is 14.0. The first-order valence-electron chi connectivity index (χ1n) is 16.9. The van der Waals surface area contributed by atoms with Crippen LogP contribution in [-0.4, -0.2) is 90.4 Å². The minimum Gasteiger partial charge on any atom is -0.452 e. The van der Waals surface area contributed by atoms with Gasteiger partial charge >= 0.3 is 12.1 Å². The molecule has 0 bridgehead atoms. The van der Waals surface area contributed by atoms with Crippen molar-refractivity contribution in [1.82, 2.24) is 19.8 Å². The molecule has 5 aliphatic rings. The Labute approximate surface area is 289 Å². The minimum absolute atomic E-state index is 0.00567. The van der Waals surface area contributed by atoms with E-state index in [0.29, 0.717) is 24.0 Å². The van der Waals surface area contributed by atoms with Crippen LogP contribution in [0.4, 0.5) is 9.18 Å². The number of sulfonamides is 1. The lowest BCUT2D eigenvalue weighted by atomic mass is 9.91. The number of amides is 4. The number of nitrogens with zero attached hydrogens (tertiary/aromatic N) is 2. The van der Waals surface area contributed by atoms with Gasteiger partial charge in [0.05, 0.1) is 29.8 Å². The molecule has 1 aromatic rings. The van der Waals surface area contributed by atoms with Crippen LogP contribution in [0.15, 0.2) is 30.9 Å². The number of rotatable bonds is 13. The minimum atomic E-state index is -3.88. The quantitative estimate of drug-likeness (QED) is 0.226. The van der Waals surface area contributed by atoms with Gasteiger partial charge in [-0.3, -0.25) is 33.6 Å². The summed E-state index contributed by atoms with van der Waals surface area (Å²) in [4.78, 5) is 80.8. The molecule has 16 heteroatoms. The van der Waals surface area contributed by atoms with Crippen molar-refractivity contribution >= 4 is 45.6 Å². The van der Waals surface area contributed by atoms with Crippen molar-refractivity contribution < 1.29 is 51.0 Å². The number of ketones is 1. The Kier molecular flexibility index (Phi) is 9.76. The highest BCUT2D eigenvalue weighted by Crippen LogP contribution is 2.57. The number of fused-ring (bicyclic) bond motifs is 1. The van der Waals surface area contributed by atoms with Crippen LogP contribution in [0.3, 0.4) is 0 Å². The number of hydrogen-bond acceptors (Lipinski definition) is 10. The summed E-state index contributed by atoms with van der Waals surface area (Å²) in [5.41, 5.74) is -0.296. The van der Waals surface area contributed by atoms with Gasteiger partial charge in [0.1, 0.15) is 11.9 Å². The Bertz CT molecular complexity index is 1730. The van der Waals surface area contributed by atoms with Gasteiger partial charge < -0.3 is 19.7 Å². The molecule has 3 heterocycles. The molecule has 0 aromatic heterocycles. The average molecular weight is 717 g/mol. The SMILES string of the molecule is C=C[C@@H]1C[C@]1(CC(=O)[C@@H]1CC(OC(=O)N2Cc3cccc(F)c3C2)CN1C(=O)[C@@H](C)CCNC(=O)[C@@H]1CCC(=O)O1)C(=O)NS(=O)(=O)C1CC1. The number of ether oxygens (including phenoxy) is 2. The van der Waals surface area contributed by atoms with Gasteiger partial charge in [0.2, 0.25) is 21.8 Å². The number of halogens is 1. The van der Waals surface area contributed by atoms with Gasteiger partial charge in [0.25, 0.3) is 5.91 Å². The highest BCUT2D eigenvalue weighted by Gasteiger charge is 2.61. The molecule has 270 valence electrons. The summed E-state index contributed by atoms with van der Waals surface area (Å²) in [7, 11) is -3.88. The molecule has 14 nitrogen and oxygen atoms in total. The predicted molar refractivity (Wildman–Crippen MR) is 172 cm³/mol. The van der Waals surface area contributed by atoms with Gasteiger partial charge in [0, 0.05) is 50.3 Å². The number of benzene rings is 1. The van der Waals surface area contributed by atoms with E-state index in [1.807, 2.05) is 0 Å². The molecule has 4 fully saturated rings. The van der Waals surface area contributed by atoms with Crippen molar-refractivity contribution in [3.05, 3.63) is 47.8 Å². The maximum Gasteiger partial charge on any atom is 0.410 e. The lowest BCUT2D eigenvalue weighted by Gasteiger charge is -2.28. The van der Waals surface area contributed by atoms with E-state index in [4.69, 9.17) is 9.47 Å². The summed E-state index contributed by atoms with van der Waals surface area (Å²) in [5, 5.41) is 2.03. The van der Waals surface area contributed by atoms with Crippen LogP contribution in [0.2, 0.25) is 0 Å². The van der Waals surface area contributed by atoms with E-state index in [0.717, 1.165) is 0 Å². The molecule has 6 rings (SSSR count). The summed E-state index contributed by atoms with van der Waals surface area (Å²) >= 11 is 0. The zero-order valence-electron chi connectivity index (χ0n) is 27.7. The molecular weight excluding hydrogens is 675 g/mol. The molecule has 4 amide bonds. The summed E-state index contributed by atoms with van der Waals surface area (Å²) in [5.74, 6) is -4.19. The van der Waals surface area contributed by atoms with E-state index in [1.54, 1.807) is 19.1 Å². The van der Waals surface area contributed by atoms with Crippen molar-refractivity contribution in [2.24, 2.45) is 17.3 Å². The van der Waals surface area contributed by atoms with Crippen LogP contribution in [0, 0.1) is 23.1 Å². The second kappa shape index (κ2) is 13.8. The molecule has 2 saturated heterocycles. The van der Waals surface area contributed by atoms with Crippen LogP contribution in [0.25, 0.3) is 0 Å². The number of carbonyl (C=O) groups is 6. The number of nitrogens with one attached hydrogen (secondary N) is 2. The first-order chi connectivity index (χ1) is 23.7. The van der Waals surface area contributed by atoms with E-state index >= 15 is 0 Å². The van der Waals surface area contributed by atoms with E-state index in [1.165, 1.54) is 21.9 Å². The average Bonchev–Trinajstić information content (AvgIpc) is 3.89. The Morgan fingerprint density at radius 3 is 2.58 bits per heavy atom. The highest BCUT2D eigenvalue weighted by molar-refractivity contribution is 7.90. The first-order valence-corrected chi connectivity index (χ1v) is 18.5. The van der Waals surface area contributed by atoms with E-state index in [9.17, 15) is 41.6 Å². The number of likely N-dealkylation sites (tertiary alicyclic amines) is 1. The van der Waals surface area contributed by atoms with Crippen LogP contribution >= 0.6 is 0 Å². The molecule has 2 aliphatic carbocycles. The summed E-state index contributed by atoms with van der Waals surface area (Å²) in [6.45, 7) is 5.49. The summed E-state index contributed by atoms with van der Waals surface area (Å²) in [6, 6.07) is 3.50. The Balaban J connectivity index is 1.13. The Hall–Kier alpha value is -4.34. The first kappa shape index (κ1) is 35.5. The largest absolute Gasteiger partial charge is 0.452 e. The van der Waals surface area contributed by atoms with Crippen LogP contribution in [0.5, 0.6) is 0 Å². The van der Waals surface area contributed by atoms with Gasteiger partial charge in [-0.05, 0) is 43.2 Å². The van der Waals surface area contributed by atoms with Crippen molar-refractivity contribution in [3.8, 4) is 0 Å². The van der Waals surface area contributed by atoms with E-state index in [-0.39, 0.29) is 64.7 Å². The normalized spacial score (nSPS) is 27.6. The van der Waals surface area contributed by atoms with Gasteiger partial charge in [-0.15, -0.1) is 6.58 Å². The predicted octanol–water partition coefficient (Wildman–Crippen LogP) is 1.86. The third-order valence-electron chi connectivity index (χ3n) is 10.4. The maximum absolute atomic E-state index is 14.3. The van der Waals surface area contributed by atoms with Crippen molar-refractivity contribution in [1.29, 1.82) is 0 Å². The van der Waals surface area contributed by atoms with Gasteiger partial charge in [0.15, 0.2) is 11.9 Å². The molecular formula is C34H41FN4O10S. The van der Waals surface area contributed by atoms with E-state index < -0.39 is 92.2 Å². The highest BCUT2D eigenvalue weighted by atomic mass is 32.2. The number of cyclic esters (lactones) is 1. The Morgan fingerprint density at radius 1 is 1.18 bits per heavy atom. The fourth-order valence-corrected chi connectivity index (χ4v) is 8.49. The molecule has 1 unspecified atom stereocenters. The summed E-state index contributed by atoms with van der Waals surface area (Å²) < 4.78 is 52.4. The van der Waals surface area contributed by atoms with E-state index in [2.05, 4.69) is 16.6 Å². The molecule has 0 radical (unpaired) electrons. The molecule has 3 aliphatic heterocycles. The number of hydrogen-bond donors (Lipinski definition) is 2. The molecule has 2 saturated carbocycles. The van der Waals surface area contributed by atoms with Gasteiger partial charge in [-0.25, -0.2) is 17.6 Å². The molecule has 1 aromatic carbocycles. The smallest absolute Gasteiger partial charge is 0.410 e. The number of carbonyl (C=O) groups excluding carboxylic acids is 6. The molecule has 0 spiro atoms. The van der Waals surface area contributed by atoms with Crippen molar-refractivity contribution in [2.45, 2.75) is 94.9 Å². The fourth-order valence-electron chi connectivity index (χ4n) is 7.11. The lowest BCUT2D eigenvalue weighted by Crippen LogP contribution is -2.46. The fraction of sp³-hybridized carbons (Fsp3) is 0.588. The topological polar surface area (TPSA) is 186 Å². The lowest BCUT2D eigenvalue weighted by molar-refractivity contribution is -0.148. The van der Waals surface area contributed by atoms with Crippen LogP contribution in [0.1, 0.15) is 69.4 Å². The Morgan fingerprint density at radius 2 is 1.94 bits per heavy atom. The summed E-state index contributed by atoms with van der Waals surface area (Å²) in [6.07, 6.45) is 0.325. The van der Waals surface area contributed by atoms with Gasteiger partial charge in [-0.1, -0.05) is 25.1 Å². The van der Waals surface area contributed by atoms with Crippen molar-refractivity contribution in [2.75, 3.05) is 13.1 Å². The van der Waals surface area contributed by atoms with Gasteiger partial charge in [-0.2, -0.15) is 0 Å². The third-order valence-corrected chi connectivity index (χ3v) is 12.2. The second-order valence-corrected chi connectivity index (χ2v) is 16.0. The molecule has 2 N–H and O–H groups in total. The maximum atomic E-state index is 14.3. The number of Topliss-reactive ketones (excluding diaryl/α,β-unsaturated/α-hetero) is 1. The number of allylic oxidation sites excluding steroid dienone is 1. The van der Waals surface area contributed by atoms with Crippen LogP contribution in [-0.2, 0) is 56.6 Å². The third kappa shape index (κ3) is 7.25. The van der Waals surface area contributed by atoms with Crippen molar-refractivity contribution in [3.63, 3.8) is 0 Å². The zero-order valence-corrected chi connectivity index (χ0v) is 28.5.